The van der Waals surface area contributed by atoms with Crippen molar-refractivity contribution in [1.82, 2.24) is 0 Å². The second-order valence-electron chi connectivity index (χ2n) is 4.27. The number of carboxylic acid groups (broad SMARTS) is 3. The lowest BCUT2D eigenvalue weighted by atomic mass is 10.2. The maximum absolute atomic E-state index is 10.2. The summed E-state index contributed by atoms with van der Waals surface area (Å²) < 4.78 is 0. The Morgan fingerprint density at radius 1 is 0.909 bits per heavy atom. The highest BCUT2D eigenvalue weighted by molar-refractivity contribution is 5.75. The number of carboxylic acids is 3. The molecule has 128 valence electrons. The van der Waals surface area contributed by atoms with Gasteiger partial charge in [0, 0.05) is 13.0 Å². The molecule has 1 unspecified atom stereocenters. The van der Waals surface area contributed by atoms with Crippen LogP contribution in [-0.2, 0) is 14.4 Å². The van der Waals surface area contributed by atoms with Gasteiger partial charge in [0.1, 0.15) is 12.1 Å². The highest BCUT2D eigenvalue weighted by Gasteiger charge is 2.12. The topological polar surface area (TPSA) is 228 Å². The van der Waals surface area contributed by atoms with Crippen LogP contribution in [0.3, 0.4) is 0 Å². The van der Waals surface area contributed by atoms with E-state index in [0.29, 0.717) is 19.4 Å². The monoisotopic (exact) mass is 321 g/mol. The van der Waals surface area contributed by atoms with Gasteiger partial charge in [-0.05, 0) is 19.3 Å². The summed E-state index contributed by atoms with van der Waals surface area (Å²) in [5.74, 6) is -3.18. The summed E-state index contributed by atoms with van der Waals surface area (Å²) in [5, 5.41) is 24.7. The Morgan fingerprint density at radius 2 is 1.36 bits per heavy atom. The molecule has 0 rings (SSSR count). The molecule has 0 aromatic heterocycles. The third kappa shape index (κ3) is 15.7. The Labute approximate surface area is 127 Å². The SMILES string of the molecule is NC(CCC(=O)O)C(=O)O.NC(N)=NCCC[C@H](N)C(=O)O. The van der Waals surface area contributed by atoms with Crippen molar-refractivity contribution >= 4 is 23.9 Å². The second kappa shape index (κ2) is 12.3. The third-order valence-corrected chi connectivity index (χ3v) is 2.27. The van der Waals surface area contributed by atoms with Gasteiger partial charge in [0.15, 0.2) is 5.96 Å². The summed E-state index contributed by atoms with van der Waals surface area (Å²) in [6.45, 7) is 0.420. The van der Waals surface area contributed by atoms with Crippen LogP contribution in [0.4, 0.5) is 0 Å². The van der Waals surface area contributed by atoms with E-state index in [-0.39, 0.29) is 18.8 Å². The van der Waals surface area contributed by atoms with Crippen molar-refractivity contribution in [2.24, 2.45) is 27.9 Å². The fourth-order valence-corrected chi connectivity index (χ4v) is 1.05. The standard InChI is InChI=1S/C6H14N4O2.C5H9NO4/c7-4(5(11)12)2-1-3-10-6(8)9;6-3(5(9)10)1-2-4(7)8/h4H,1-3,7H2,(H,11,12)(H4,8,9,10);3H,1-2,6H2,(H,7,8)(H,9,10)/t4-;/m0./s1. The number of carbonyl (C=O) groups is 3. The molecule has 0 saturated heterocycles. The van der Waals surface area contributed by atoms with Gasteiger partial charge in [0.05, 0.1) is 0 Å². The minimum Gasteiger partial charge on any atom is -0.481 e. The number of nitrogens with zero attached hydrogens (tertiary/aromatic N) is 1. The highest BCUT2D eigenvalue weighted by Crippen LogP contribution is 1.94. The van der Waals surface area contributed by atoms with Gasteiger partial charge in [-0.15, -0.1) is 0 Å². The first-order valence-electron chi connectivity index (χ1n) is 6.31. The van der Waals surface area contributed by atoms with Crippen molar-refractivity contribution in [2.45, 2.75) is 37.8 Å². The largest absolute Gasteiger partial charge is 0.481 e. The summed E-state index contributed by atoms with van der Waals surface area (Å²) in [6, 6.07) is -1.88. The van der Waals surface area contributed by atoms with Crippen LogP contribution in [0.15, 0.2) is 4.99 Å². The molecule has 0 aliphatic rings. The maximum atomic E-state index is 10.2. The van der Waals surface area contributed by atoms with E-state index in [2.05, 4.69) is 4.99 Å². The van der Waals surface area contributed by atoms with Crippen LogP contribution in [0.1, 0.15) is 25.7 Å². The Morgan fingerprint density at radius 3 is 1.73 bits per heavy atom. The molecule has 11 N–H and O–H groups in total. The summed E-state index contributed by atoms with van der Waals surface area (Å²) in [4.78, 5) is 33.8. The zero-order valence-corrected chi connectivity index (χ0v) is 12.0. The Balaban J connectivity index is 0. The number of guanidine groups is 1. The van der Waals surface area contributed by atoms with Crippen molar-refractivity contribution in [3.8, 4) is 0 Å². The Kier molecular flexibility index (Phi) is 12.3. The smallest absolute Gasteiger partial charge is 0.320 e. The number of aliphatic carboxylic acids is 3. The number of rotatable bonds is 9. The van der Waals surface area contributed by atoms with Crippen LogP contribution >= 0.6 is 0 Å². The fourth-order valence-electron chi connectivity index (χ4n) is 1.05. The zero-order valence-electron chi connectivity index (χ0n) is 12.0. The molecule has 0 fully saturated rings. The second-order valence-corrected chi connectivity index (χ2v) is 4.27. The molecule has 22 heavy (non-hydrogen) atoms. The van der Waals surface area contributed by atoms with Gasteiger partial charge in [0.2, 0.25) is 0 Å². The number of nitrogens with two attached hydrogens (primary N) is 4. The van der Waals surface area contributed by atoms with E-state index in [0.717, 1.165) is 0 Å². The molecular weight excluding hydrogens is 298 g/mol. The molecular formula is C11H23N5O6. The van der Waals surface area contributed by atoms with Gasteiger partial charge in [-0.3, -0.25) is 19.4 Å². The Bertz CT molecular complexity index is 396. The van der Waals surface area contributed by atoms with Gasteiger partial charge in [-0.2, -0.15) is 0 Å². The summed E-state index contributed by atoms with van der Waals surface area (Å²) in [7, 11) is 0. The first-order valence-corrected chi connectivity index (χ1v) is 6.31. The first-order chi connectivity index (χ1) is 10.1. The Hall–Kier alpha value is -2.40. The first kappa shape index (κ1) is 21.9. The zero-order chi connectivity index (χ0) is 17.7. The van der Waals surface area contributed by atoms with Gasteiger partial charge in [-0.1, -0.05) is 0 Å². The molecule has 0 saturated carbocycles. The lowest BCUT2D eigenvalue weighted by molar-refractivity contribution is -0.140. The van der Waals surface area contributed by atoms with Crippen LogP contribution in [-0.4, -0.2) is 57.8 Å². The molecule has 0 amide bonds. The van der Waals surface area contributed by atoms with Crippen molar-refractivity contribution < 1.29 is 29.7 Å². The van der Waals surface area contributed by atoms with E-state index in [9.17, 15) is 14.4 Å². The summed E-state index contributed by atoms with van der Waals surface area (Å²) in [6.07, 6.45) is 0.732. The normalized spacial score (nSPS) is 12.3. The number of hydrogen-bond donors (Lipinski definition) is 7. The molecule has 0 bridgehead atoms. The number of aliphatic imine (C=N–C) groups is 1. The van der Waals surface area contributed by atoms with Crippen LogP contribution in [0.25, 0.3) is 0 Å². The van der Waals surface area contributed by atoms with Crippen molar-refractivity contribution in [3.63, 3.8) is 0 Å². The van der Waals surface area contributed by atoms with Crippen molar-refractivity contribution in [3.05, 3.63) is 0 Å². The lowest BCUT2D eigenvalue weighted by Crippen LogP contribution is -2.30. The maximum Gasteiger partial charge on any atom is 0.320 e. The molecule has 0 aliphatic heterocycles. The minimum absolute atomic E-state index is 0.0129. The molecule has 11 nitrogen and oxygen atoms in total. The van der Waals surface area contributed by atoms with Gasteiger partial charge < -0.3 is 38.3 Å². The van der Waals surface area contributed by atoms with E-state index < -0.39 is 30.0 Å². The lowest BCUT2D eigenvalue weighted by Gasteiger charge is -2.03. The van der Waals surface area contributed by atoms with Crippen LogP contribution < -0.4 is 22.9 Å². The molecule has 0 spiro atoms. The van der Waals surface area contributed by atoms with Gasteiger partial charge >= 0.3 is 17.9 Å². The van der Waals surface area contributed by atoms with E-state index in [1.807, 2.05) is 0 Å². The molecule has 0 radical (unpaired) electrons. The van der Waals surface area contributed by atoms with Gasteiger partial charge in [-0.25, -0.2) is 0 Å². The van der Waals surface area contributed by atoms with E-state index in [1.165, 1.54) is 0 Å². The predicted octanol–water partition coefficient (Wildman–Crippen LogP) is -2.28. The van der Waals surface area contributed by atoms with Crippen LogP contribution in [0, 0.1) is 0 Å². The van der Waals surface area contributed by atoms with E-state index in [1.54, 1.807) is 0 Å². The predicted molar refractivity (Wildman–Crippen MR) is 78.0 cm³/mol. The van der Waals surface area contributed by atoms with Crippen LogP contribution in [0.2, 0.25) is 0 Å². The quantitative estimate of drug-likeness (QED) is 0.136. The van der Waals surface area contributed by atoms with Crippen molar-refractivity contribution in [2.75, 3.05) is 6.54 Å². The summed E-state index contributed by atoms with van der Waals surface area (Å²) in [5.41, 5.74) is 20.3. The average molecular weight is 321 g/mol. The van der Waals surface area contributed by atoms with Gasteiger partial charge in [0.25, 0.3) is 0 Å². The highest BCUT2D eigenvalue weighted by atomic mass is 16.4. The minimum atomic E-state index is -1.17. The molecule has 0 aromatic rings. The molecule has 11 heteroatoms. The molecule has 2 atom stereocenters. The summed E-state index contributed by atoms with van der Waals surface area (Å²) >= 11 is 0. The molecule has 0 aliphatic carbocycles. The fraction of sp³-hybridized carbons (Fsp3) is 0.636. The molecule has 0 heterocycles. The van der Waals surface area contributed by atoms with E-state index in [4.69, 9.17) is 38.3 Å². The van der Waals surface area contributed by atoms with E-state index >= 15 is 0 Å². The molecule has 0 aromatic carbocycles. The third-order valence-electron chi connectivity index (χ3n) is 2.27. The number of hydrogen-bond acceptors (Lipinski definition) is 6. The van der Waals surface area contributed by atoms with Crippen LogP contribution in [0.5, 0.6) is 0 Å². The average Bonchev–Trinajstić information content (AvgIpc) is 2.40. The van der Waals surface area contributed by atoms with Crippen molar-refractivity contribution in [1.29, 1.82) is 0 Å².